The largest absolute Gasteiger partial charge is 0.491 e. The zero-order valence-electron chi connectivity index (χ0n) is 22.2. The number of imidazole rings is 1. The van der Waals surface area contributed by atoms with Crippen LogP contribution >= 0.6 is 0 Å². The number of carboxylic acid groups (broad SMARTS) is 1. The number of aromatic amines is 2. The average molecular weight is 577 g/mol. The third kappa shape index (κ3) is 6.56. The number of carboxylic acids is 1. The Labute approximate surface area is 235 Å². The molecular formula is C29H28N4O7S. The number of hydrogen-bond acceptors (Lipinski definition) is 7. The number of aryl methyl sites for hydroxylation is 1. The van der Waals surface area contributed by atoms with Gasteiger partial charge in [0.05, 0.1) is 28.2 Å². The van der Waals surface area contributed by atoms with E-state index >= 15 is 0 Å². The number of nitrogens with zero attached hydrogens (tertiary/aromatic N) is 2. The van der Waals surface area contributed by atoms with Gasteiger partial charge in [-0.1, -0.05) is 36.4 Å². The number of carbonyl (C=O) groups is 1. The van der Waals surface area contributed by atoms with Crippen molar-refractivity contribution in [2.24, 2.45) is 0 Å². The van der Waals surface area contributed by atoms with E-state index in [1.54, 1.807) is 24.3 Å². The van der Waals surface area contributed by atoms with E-state index in [1.807, 2.05) is 36.4 Å². The Morgan fingerprint density at radius 2 is 1.71 bits per heavy atom. The first-order chi connectivity index (χ1) is 19.7. The molecule has 11 nitrogen and oxygen atoms in total. The van der Waals surface area contributed by atoms with Crippen molar-refractivity contribution in [3.8, 4) is 23.0 Å². The molecule has 0 atom stereocenters. The van der Waals surface area contributed by atoms with Gasteiger partial charge in [0.2, 0.25) is 5.95 Å². The Morgan fingerprint density at radius 1 is 0.976 bits per heavy atom. The minimum absolute atomic E-state index is 0.160. The topological polar surface area (TPSA) is 156 Å². The lowest BCUT2D eigenvalue weighted by Crippen LogP contribution is -2.18. The number of para-hydroxylation sites is 2. The number of nitrogens with one attached hydrogen (secondary N) is 2. The number of fused-ring (bicyclic) bond motifs is 1. The highest BCUT2D eigenvalue weighted by Gasteiger charge is 2.19. The summed E-state index contributed by atoms with van der Waals surface area (Å²) in [6.45, 7) is 0.00904. The number of aromatic nitrogens is 4. The lowest BCUT2D eigenvalue weighted by Gasteiger charge is -2.08. The molecule has 0 spiro atoms. The van der Waals surface area contributed by atoms with Gasteiger partial charge in [-0.3, -0.25) is 9.89 Å². The molecule has 3 aromatic carbocycles. The first kappa shape index (κ1) is 27.9. The molecule has 5 aromatic rings. The maximum atomic E-state index is 13.7. The van der Waals surface area contributed by atoms with Crippen molar-refractivity contribution < 1.29 is 27.8 Å². The van der Waals surface area contributed by atoms with Crippen LogP contribution in [0.1, 0.15) is 11.1 Å². The van der Waals surface area contributed by atoms with Crippen molar-refractivity contribution in [3.63, 3.8) is 0 Å². The molecule has 0 saturated heterocycles. The van der Waals surface area contributed by atoms with E-state index in [9.17, 15) is 18.0 Å². The molecule has 0 aliphatic heterocycles. The molecule has 12 heteroatoms. The normalized spacial score (nSPS) is 11.6. The summed E-state index contributed by atoms with van der Waals surface area (Å²) in [5, 5.41) is 11.8. The molecular weight excluding hydrogens is 548 g/mol. The van der Waals surface area contributed by atoms with Crippen LogP contribution in [0, 0.1) is 0 Å². The van der Waals surface area contributed by atoms with Crippen molar-refractivity contribution in [1.29, 1.82) is 0 Å². The number of hydrogen-bond donors (Lipinski definition) is 3. The molecule has 0 fully saturated rings. The average Bonchev–Trinajstić information content (AvgIpc) is 3.52. The van der Waals surface area contributed by atoms with E-state index in [4.69, 9.17) is 14.6 Å². The van der Waals surface area contributed by atoms with Crippen LogP contribution in [0.15, 0.2) is 82.5 Å². The maximum Gasteiger partial charge on any atom is 0.329 e. The summed E-state index contributed by atoms with van der Waals surface area (Å²) in [4.78, 5) is 32.1. The molecule has 0 radical (unpaired) electrons. The minimum Gasteiger partial charge on any atom is -0.491 e. The highest BCUT2D eigenvalue weighted by molar-refractivity contribution is 7.90. The van der Waals surface area contributed by atoms with Gasteiger partial charge in [0, 0.05) is 11.8 Å². The minimum atomic E-state index is -3.37. The van der Waals surface area contributed by atoms with Gasteiger partial charge in [0.15, 0.2) is 9.84 Å². The summed E-state index contributed by atoms with van der Waals surface area (Å²) in [7, 11) is -3.37. The van der Waals surface area contributed by atoms with Crippen molar-refractivity contribution in [2.75, 3.05) is 26.1 Å². The van der Waals surface area contributed by atoms with Crippen LogP contribution in [0.5, 0.6) is 5.75 Å². The maximum absolute atomic E-state index is 13.7. The Hall–Kier alpha value is -4.68. The smallest absolute Gasteiger partial charge is 0.329 e. The van der Waals surface area contributed by atoms with Crippen LogP contribution in [0.3, 0.4) is 0 Å². The summed E-state index contributed by atoms with van der Waals surface area (Å²) in [6.07, 6.45) is 2.12. The van der Waals surface area contributed by atoms with Gasteiger partial charge in [-0.05, 0) is 60.4 Å². The van der Waals surface area contributed by atoms with Crippen LogP contribution in [-0.4, -0.2) is 65.3 Å². The lowest BCUT2D eigenvalue weighted by molar-refractivity contribution is -0.142. The lowest BCUT2D eigenvalue weighted by atomic mass is 10.0. The van der Waals surface area contributed by atoms with E-state index < -0.39 is 15.8 Å². The molecule has 2 aromatic heterocycles. The van der Waals surface area contributed by atoms with Crippen molar-refractivity contribution in [1.82, 2.24) is 19.7 Å². The molecule has 0 amide bonds. The molecule has 0 bridgehead atoms. The number of ether oxygens (including phenoxy) is 2. The molecule has 0 aliphatic carbocycles. The van der Waals surface area contributed by atoms with Crippen LogP contribution < -0.4 is 10.3 Å². The number of rotatable bonds is 12. The first-order valence-electron chi connectivity index (χ1n) is 12.8. The number of aliphatic carboxylic acids is 1. The van der Waals surface area contributed by atoms with E-state index in [1.165, 1.54) is 16.8 Å². The summed E-state index contributed by atoms with van der Waals surface area (Å²) in [6, 6.07) is 21.3. The summed E-state index contributed by atoms with van der Waals surface area (Å²) in [5.41, 5.74) is 4.03. The second kappa shape index (κ2) is 11.8. The Bertz CT molecular complexity index is 1800. The molecule has 0 unspecified atom stereocenters. The summed E-state index contributed by atoms with van der Waals surface area (Å²) < 4.78 is 35.8. The third-order valence-corrected chi connectivity index (χ3v) is 7.58. The Morgan fingerprint density at radius 3 is 2.39 bits per heavy atom. The van der Waals surface area contributed by atoms with E-state index in [0.29, 0.717) is 41.4 Å². The number of benzene rings is 3. The van der Waals surface area contributed by atoms with Gasteiger partial charge in [0.1, 0.15) is 19.0 Å². The predicted octanol–water partition coefficient (Wildman–Crippen LogP) is 3.38. The molecule has 3 N–H and O–H groups in total. The fourth-order valence-electron chi connectivity index (χ4n) is 4.41. The Kier molecular flexibility index (Phi) is 8.04. The molecule has 0 aliphatic rings. The summed E-state index contributed by atoms with van der Waals surface area (Å²) >= 11 is 0. The highest BCUT2D eigenvalue weighted by atomic mass is 32.2. The van der Waals surface area contributed by atoms with Crippen molar-refractivity contribution in [2.45, 2.75) is 17.7 Å². The van der Waals surface area contributed by atoms with Gasteiger partial charge >= 0.3 is 5.97 Å². The fraction of sp³-hybridized carbons (Fsp3) is 0.207. The zero-order chi connectivity index (χ0) is 29.0. The van der Waals surface area contributed by atoms with Gasteiger partial charge in [-0.2, -0.15) is 4.68 Å². The molecule has 41 heavy (non-hydrogen) atoms. The number of H-pyrrole nitrogens is 2. The zero-order valence-corrected chi connectivity index (χ0v) is 23.0. The highest BCUT2D eigenvalue weighted by Crippen LogP contribution is 2.24. The van der Waals surface area contributed by atoms with Gasteiger partial charge < -0.3 is 19.6 Å². The molecule has 0 saturated carbocycles. The number of sulfone groups is 1. The van der Waals surface area contributed by atoms with E-state index in [0.717, 1.165) is 22.9 Å². The van der Waals surface area contributed by atoms with Gasteiger partial charge in [-0.25, -0.2) is 18.2 Å². The predicted molar refractivity (Wildman–Crippen MR) is 152 cm³/mol. The summed E-state index contributed by atoms with van der Waals surface area (Å²) in [5.74, 6) is -0.0614. The van der Waals surface area contributed by atoms with Crippen LogP contribution in [0.25, 0.3) is 28.2 Å². The molecule has 2 heterocycles. The quantitative estimate of drug-likeness (QED) is 0.191. The first-order valence-corrected chi connectivity index (χ1v) is 14.7. The van der Waals surface area contributed by atoms with E-state index in [2.05, 4.69) is 15.1 Å². The van der Waals surface area contributed by atoms with Crippen LogP contribution in [0.2, 0.25) is 0 Å². The molecule has 212 valence electrons. The van der Waals surface area contributed by atoms with Gasteiger partial charge in [-0.15, -0.1) is 0 Å². The monoisotopic (exact) mass is 576 g/mol. The Balaban J connectivity index is 1.39. The van der Waals surface area contributed by atoms with Crippen molar-refractivity contribution in [3.05, 3.63) is 94.3 Å². The molecule has 5 rings (SSSR count). The van der Waals surface area contributed by atoms with Crippen LogP contribution in [-0.2, 0) is 32.2 Å². The third-order valence-electron chi connectivity index (χ3n) is 6.46. The van der Waals surface area contributed by atoms with E-state index in [-0.39, 0.29) is 30.3 Å². The van der Waals surface area contributed by atoms with Crippen LogP contribution in [0.4, 0.5) is 0 Å². The standard InChI is InChI=1S/C29H28N4O7S/c1-41(37,38)22-13-9-20(10-14-22)27-23(28(36)33(32-27)29-30-24-4-2-3-5-25(24)31-29)15-8-19-6-11-21(12-7-19)40-17-16-39-18-26(34)35/h2-7,9-14,32H,8,15-18H2,1H3,(H,30,31)(H,34,35). The van der Waals surface area contributed by atoms with Crippen molar-refractivity contribution >= 4 is 26.8 Å². The SMILES string of the molecule is CS(=O)(=O)c1ccc(-c2[nH]n(-c3nc4ccccc4[nH]3)c(=O)c2CCc2ccc(OCCOCC(=O)O)cc2)cc1. The second-order valence-corrected chi connectivity index (χ2v) is 11.4. The fourth-order valence-corrected chi connectivity index (χ4v) is 5.04. The van der Waals surface area contributed by atoms with Gasteiger partial charge in [0.25, 0.3) is 5.56 Å². The second-order valence-electron chi connectivity index (χ2n) is 9.42.